The van der Waals surface area contributed by atoms with Gasteiger partial charge in [-0.15, -0.1) is 0 Å². The molecule has 0 saturated carbocycles. The molecule has 0 atom stereocenters. The SMILES string of the molecule is C[n+]1ccc(/C=C/c2ccc3c(c2)c2cc(/C=C/c4cc[n+](C)cc4)ccc2n3CC(=O)CC(=O)CC(=O)CC[N+]2(C)CCCCC2)cc1.[I-].[I-].[I-]. The Labute approximate surface area is 358 Å². The number of Topliss-reactive ketones (excluding diaryl/α,β-unsaturated/α-hetero) is 3. The van der Waals surface area contributed by atoms with E-state index in [1.807, 2.05) is 52.6 Å². The van der Waals surface area contributed by atoms with Gasteiger partial charge in [-0.25, -0.2) is 9.13 Å². The van der Waals surface area contributed by atoms with Crippen LogP contribution in [0.1, 0.15) is 60.8 Å². The second-order valence-corrected chi connectivity index (χ2v) is 14.0. The number of halogens is 3. The average molecular weight is 1040 g/mol. The normalized spacial score (nSPS) is 13.8. The van der Waals surface area contributed by atoms with Crippen LogP contribution in [0, 0.1) is 0 Å². The van der Waals surface area contributed by atoms with Crippen LogP contribution in [0.4, 0.5) is 0 Å². The van der Waals surface area contributed by atoms with Gasteiger partial charge in [0.05, 0.1) is 52.5 Å². The van der Waals surface area contributed by atoms with Gasteiger partial charge in [0.2, 0.25) is 0 Å². The number of hydrogen-bond acceptors (Lipinski definition) is 3. The second-order valence-electron chi connectivity index (χ2n) is 14.0. The van der Waals surface area contributed by atoms with Crippen LogP contribution in [-0.4, -0.2) is 53.1 Å². The molecule has 1 aliphatic heterocycles. The number of hydrogen-bond donors (Lipinski definition) is 0. The minimum absolute atomic E-state index is 0. The highest BCUT2D eigenvalue weighted by molar-refractivity contribution is 6.11. The number of fused-ring (bicyclic) bond motifs is 3. The van der Waals surface area contributed by atoms with Gasteiger partial charge >= 0.3 is 0 Å². The molecule has 1 fully saturated rings. The first kappa shape index (κ1) is 43.6. The Kier molecular flexibility index (Phi) is 16.8. The lowest BCUT2D eigenvalue weighted by molar-refractivity contribution is -0.913. The first-order valence-corrected chi connectivity index (χ1v) is 17.4. The number of likely N-dealkylation sites (tertiary alicyclic amines) is 1. The van der Waals surface area contributed by atoms with E-state index < -0.39 is 0 Å². The molecule has 1 aliphatic rings. The van der Waals surface area contributed by atoms with Crippen molar-refractivity contribution in [3.63, 3.8) is 0 Å². The zero-order chi connectivity index (χ0) is 34.4. The third kappa shape index (κ3) is 11.6. The predicted molar refractivity (Wildman–Crippen MR) is 196 cm³/mol. The van der Waals surface area contributed by atoms with Gasteiger partial charge in [-0.2, -0.15) is 0 Å². The van der Waals surface area contributed by atoms with Crippen molar-refractivity contribution in [2.45, 2.75) is 45.1 Å². The molecule has 274 valence electrons. The lowest BCUT2D eigenvalue weighted by Crippen LogP contribution is -3.00. The zero-order valence-corrected chi connectivity index (χ0v) is 36.6. The van der Waals surface area contributed by atoms with E-state index in [1.54, 1.807) is 0 Å². The number of pyridine rings is 2. The van der Waals surface area contributed by atoms with Crippen LogP contribution >= 0.6 is 0 Å². The number of carbonyl (C=O) groups excluding carboxylic acids is 3. The Morgan fingerprint density at radius 3 is 1.54 bits per heavy atom. The Balaban J connectivity index is 0.00000243. The first-order valence-electron chi connectivity index (χ1n) is 17.4. The van der Waals surface area contributed by atoms with E-state index in [-0.39, 0.29) is 109 Å². The molecule has 0 N–H and O–H groups in total. The Morgan fingerprint density at radius 1 is 0.615 bits per heavy atom. The number of nitrogens with zero attached hydrogens (tertiary/aromatic N) is 4. The summed E-state index contributed by atoms with van der Waals surface area (Å²) in [6, 6.07) is 20.9. The van der Waals surface area contributed by atoms with Crippen LogP contribution in [-0.2, 0) is 35.0 Å². The number of aromatic nitrogens is 3. The van der Waals surface area contributed by atoms with Crippen molar-refractivity contribution < 1.29 is 99.9 Å². The van der Waals surface area contributed by atoms with Crippen LogP contribution in [0.3, 0.4) is 0 Å². The molecule has 0 aliphatic carbocycles. The summed E-state index contributed by atoms with van der Waals surface area (Å²) in [6.45, 7) is 3.02. The van der Waals surface area contributed by atoms with Gasteiger partial charge in [0.25, 0.3) is 0 Å². The molecule has 0 spiro atoms. The first-order chi connectivity index (χ1) is 23.6. The molecule has 7 nitrogen and oxygen atoms in total. The number of rotatable bonds is 13. The molecule has 5 aromatic rings. The monoisotopic (exact) mass is 1040 g/mol. The van der Waals surface area contributed by atoms with E-state index in [0.717, 1.165) is 68.2 Å². The number of quaternary nitrogens is 1. The van der Waals surface area contributed by atoms with Crippen LogP contribution in [0.15, 0.2) is 85.5 Å². The highest BCUT2D eigenvalue weighted by Crippen LogP contribution is 2.32. The summed E-state index contributed by atoms with van der Waals surface area (Å²) in [5, 5.41) is 2.09. The smallest absolute Gasteiger partial charge is 0.169 e. The van der Waals surface area contributed by atoms with Crippen molar-refractivity contribution in [2.24, 2.45) is 14.1 Å². The van der Waals surface area contributed by atoms with Crippen molar-refractivity contribution >= 4 is 63.5 Å². The molecule has 0 unspecified atom stereocenters. The number of carbonyl (C=O) groups is 3. The lowest BCUT2D eigenvalue weighted by Gasteiger charge is -2.37. The van der Waals surface area contributed by atoms with E-state index in [4.69, 9.17) is 0 Å². The fourth-order valence-electron chi connectivity index (χ4n) is 6.87. The van der Waals surface area contributed by atoms with Crippen LogP contribution in [0.25, 0.3) is 46.1 Å². The van der Waals surface area contributed by atoms with Crippen molar-refractivity contribution in [3.05, 3.63) is 108 Å². The molecule has 6 rings (SSSR count). The summed E-state index contributed by atoms with van der Waals surface area (Å²) in [7, 11) is 6.20. The van der Waals surface area contributed by atoms with Crippen LogP contribution < -0.4 is 81.1 Å². The maximum Gasteiger partial charge on any atom is 0.169 e. The van der Waals surface area contributed by atoms with Gasteiger partial charge in [0.15, 0.2) is 30.6 Å². The highest BCUT2D eigenvalue weighted by Gasteiger charge is 2.26. The molecule has 0 amide bonds. The van der Waals surface area contributed by atoms with E-state index in [9.17, 15) is 14.4 Å². The summed E-state index contributed by atoms with van der Waals surface area (Å²) in [5.41, 5.74) is 6.20. The van der Waals surface area contributed by atoms with Gasteiger partial charge in [-0.05, 0) is 65.8 Å². The molecular formula is C42H47I3N4O3. The largest absolute Gasteiger partial charge is 1.00 e. The van der Waals surface area contributed by atoms with E-state index >= 15 is 0 Å². The summed E-state index contributed by atoms with van der Waals surface area (Å²) < 4.78 is 6.93. The molecule has 0 bridgehead atoms. The molecule has 4 heterocycles. The van der Waals surface area contributed by atoms with Gasteiger partial charge in [-0.1, -0.05) is 36.4 Å². The number of piperidine rings is 1. The summed E-state index contributed by atoms with van der Waals surface area (Å²) in [4.78, 5) is 39.0. The molecule has 3 aromatic heterocycles. The molecule has 2 aromatic carbocycles. The van der Waals surface area contributed by atoms with Gasteiger partial charge in [0.1, 0.15) is 25.7 Å². The van der Waals surface area contributed by atoms with Crippen molar-refractivity contribution in [2.75, 3.05) is 26.7 Å². The lowest BCUT2D eigenvalue weighted by atomic mass is 10.0. The topological polar surface area (TPSA) is 63.9 Å². The van der Waals surface area contributed by atoms with E-state index in [2.05, 4.69) is 92.0 Å². The van der Waals surface area contributed by atoms with Crippen molar-refractivity contribution in [1.29, 1.82) is 0 Å². The molecule has 1 saturated heterocycles. The maximum absolute atomic E-state index is 13.4. The van der Waals surface area contributed by atoms with Gasteiger partial charge in [0, 0.05) is 46.1 Å². The standard InChI is InChI=1S/C42H47N4O3.3HI/c1-43-20-15-32(16-21-43)7-9-34-11-13-41-39(27-34)40-28-35(10-8-33-17-22-44(2)23-18-33)12-14-42(40)45(41)31-38(49)30-37(48)29-36(47)19-26-46(3)24-5-4-6-25-46;;;/h7-18,20-23,27-28H,4-6,19,24-26,29-31H2,1-3H3;3*1H/q+3;;;/p-3. The summed E-state index contributed by atoms with van der Waals surface area (Å²) in [6.07, 6.45) is 20.1. The van der Waals surface area contributed by atoms with Crippen LogP contribution in [0.5, 0.6) is 0 Å². The molecule has 52 heavy (non-hydrogen) atoms. The molecular weight excluding hydrogens is 989 g/mol. The number of aryl methyl sites for hydroxylation is 2. The third-order valence-corrected chi connectivity index (χ3v) is 9.81. The third-order valence-electron chi connectivity index (χ3n) is 9.81. The average Bonchev–Trinajstić information content (AvgIpc) is 3.38. The second kappa shape index (κ2) is 20.0. The minimum Gasteiger partial charge on any atom is -1.00 e. The van der Waals surface area contributed by atoms with Gasteiger partial charge < -0.3 is 81.0 Å². The quantitative estimate of drug-likeness (QED) is 0.0560. The van der Waals surface area contributed by atoms with E-state index in [0.29, 0.717) is 6.42 Å². The molecule has 10 heteroatoms. The zero-order valence-electron chi connectivity index (χ0n) is 30.1. The Hall–Kier alpha value is -2.82. The highest BCUT2D eigenvalue weighted by atomic mass is 127. The fraction of sp³-hybridized carbons (Fsp3) is 0.310. The summed E-state index contributed by atoms with van der Waals surface area (Å²) >= 11 is 0. The number of ketones is 3. The minimum atomic E-state index is -0.291. The maximum atomic E-state index is 13.4. The van der Waals surface area contributed by atoms with Crippen LogP contribution in [0.2, 0.25) is 0 Å². The van der Waals surface area contributed by atoms with Gasteiger partial charge in [-0.3, -0.25) is 14.4 Å². The Bertz CT molecular complexity index is 1950. The fourth-order valence-corrected chi connectivity index (χ4v) is 6.87. The van der Waals surface area contributed by atoms with Crippen molar-refractivity contribution in [3.8, 4) is 0 Å². The Morgan fingerprint density at radius 2 is 1.06 bits per heavy atom. The van der Waals surface area contributed by atoms with E-state index in [1.165, 1.54) is 19.3 Å². The summed E-state index contributed by atoms with van der Waals surface area (Å²) in [5.74, 6) is -0.537. The van der Waals surface area contributed by atoms with Crippen molar-refractivity contribution in [1.82, 2.24) is 4.57 Å². The number of benzene rings is 2. The molecule has 0 radical (unpaired) electrons. The predicted octanol–water partition coefficient (Wildman–Crippen LogP) is -2.70.